The Morgan fingerprint density at radius 3 is 2.62 bits per heavy atom. The van der Waals surface area contributed by atoms with E-state index in [2.05, 4.69) is 17.5 Å². The Hall–Kier alpha value is -0.300. The highest BCUT2D eigenvalue weighted by atomic mass is 14.9. The van der Waals surface area contributed by atoms with Crippen LogP contribution in [-0.4, -0.2) is 13.1 Å². The van der Waals surface area contributed by atoms with Gasteiger partial charge in [-0.3, -0.25) is 0 Å². The van der Waals surface area contributed by atoms with Gasteiger partial charge in [0.25, 0.3) is 0 Å². The lowest BCUT2D eigenvalue weighted by Crippen LogP contribution is -2.26. The fourth-order valence-electron chi connectivity index (χ4n) is 2.92. The minimum atomic E-state index is 0.928. The highest BCUT2D eigenvalue weighted by Gasteiger charge is 2.35. The molecular weight excluding hydrogens is 158 g/mol. The Bertz CT molecular complexity index is 217. The smallest absolute Gasteiger partial charge is 0.00146 e. The van der Waals surface area contributed by atoms with Gasteiger partial charge in [-0.25, -0.2) is 0 Å². The number of hydrogen-bond acceptors (Lipinski definition) is 1. The lowest BCUT2D eigenvalue weighted by Gasteiger charge is -2.18. The van der Waals surface area contributed by atoms with Gasteiger partial charge in [0, 0.05) is 0 Å². The van der Waals surface area contributed by atoms with Crippen LogP contribution in [0.4, 0.5) is 0 Å². The standard InChI is InChI=1S/C12H19N/c1-2-9(1)7-13-8-12-6-10-3-4-11(12)5-10/h3-4,9-13H,1-2,5-8H2. The van der Waals surface area contributed by atoms with Crippen molar-refractivity contribution in [2.24, 2.45) is 23.7 Å². The molecule has 2 fully saturated rings. The van der Waals surface area contributed by atoms with Crippen molar-refractivity contribution in [1.29, 1.82) is 0 Å². The molecule has 3 aliphatic rings. The van der Waals surface area contributed by atoms with E-state index in [1.165, 1.54) is 38.8 Å². The number of fused-ring (bicyclic) bond motifs is 2. The van der Waals surface area contributed by atoms with E-state index in [1.54, 1.807) is 0 Å². The molecule has 0 radical (unpaired) electrons. The number of allylic oxidation sites excluding steroid dienone is 2. The molecule has 2 saturated carbocycles. The summed E-state index contributed by atoms with van der Waals surface area (Å²) in [7, 11) is 0. The van der Waals surface area contributed by atoms with Crippen LogP contribution in [-0.2, 0) is 0 Å². The number of hydrogen-bond donors (Lipinski definition) is 1. The minimum absolute atomic E-state index is 0.928. The van der Waals surface area contributed by atoms with Crippen molar-refractivity contribution >= 4 is 0 Å². The number of rotatable bonds is 4. The molecule has 3 aliphatic carbocycles. The second-order valence-corrected chi connectivity index (χ2v) is 5.14. The van der Waals surface area contributed by atoms with Gasteiger partial charge >= 0.3 is 0 Å². The minimum Gasteiger partial charge on any atom is -0.316 e. The molecule has 2 bridgehead atoms. The van der Waals surface area contributed by atoms with Crippen molar-refractivity contribution in [3.8, 4) is 0 Å². The molecule has 1 nitrogen and oxygen atoms in total. The van der Waals surface area contributed by atoms with Gasteiger partial charge < -0.3 is 5.32 Å². The highest BCUT2D eigenvalue weighted by molar-refractivity contribution is 5.10. The zero-order chi connectivity index (χ0) is 8.67. The maximum absolute atomic E-state index is 3.64. The van der Waals surface area contributed by atoms with Crippen LogP contribution in [0.1, 0.15) is 25.7 Å². The Balaban J connectivity index is 1.43. The van der Waals surface area contributed by atoms with Crippen LogP contribution < -0.4 is 5.32 Å². The fourth-order valence-corrected chi connectivity index (χ4v) is 2.92. The molecule has 0 aromatic heterocycles. The van der Waals surface area contributed by atoms with Crippen LogP contribution in [0.3, 0.4) is 0 Å². The van der Waals surface area contributed by atoms with E-state index in [9.17, 15) is 0 Å². The third kappa shape index (κ3) is 1.67. The zero-order valence-corrected chi connectivity index (χ0v) is 8.21. The monoisotopic (exact) mass is 177 g/mol. The molecule has 0 aliphatic heterocycles. The van der Waals surface area contributed by atoms with E-state index in [0.29, 0.717) is 0 Å². The SMILES string of the molecule is C1=CC2CC1CC2CNCC1CC1. The van der Waals surface area contributed by atoms with Crippen LogP contribution in [0.25, 0.3) is 0 Å². The topological polar surface area (TPSA) is 12.0 Å². The maximum Gasteiger partial charge on any atom is -0.00146 e. The second kappa shape index (κ2) is 3.13. The van der Waals surface area contributed by atoms with Gasteiger partial charge in [-0.05, 0) is 62.4 Å². The molecule has 1 N–H and O–H groups in total. The summed E-state index contributed by atoms with van der Waals surface area (Å²) >= 11 is 0. The van der Waals surface area contributed by atoms with Crippen LogP contribution in [0.5, 0.6) is 0 Å². The van der Waals surface area contributed by atoms with Crippen molar-refractivity contribution < 1.29 is 0 Å². The summed E-state index contributed by atoms with van der Waals surface area (Å²) in [6.07, 6.45) is 10.8. The Morgan fingerprint density at radius 1 is 1.08 bits per heavy atom. The molecular formula is C12H19N. The van der Waals surface area contributed by atoms with E-state index in [4.69, 9.17) is 0 Å². The van der Waals surface area contributed by atoms with Gasteiger partial charge in [-0.15, -0.1) is 0 Å². The van der Waals surface area contributed by atoms with Crippen LogP contribution in [0.15, 0.2) is 12.2 Å². The largest absolute Gasteiger partial charge is 0.316 e. The molecule has 0 spiro atoms. The molecule has 0 heterocycles. The zero-order valence-electron chi connectivity index (χ0n) is 8.21. The Morgan fingerprint density at radius 2 is 2.00 bits per heavy atom. The van der Waals surface area contributed by atoms with Gasteiger partial charge in [0.05, 0.1) is 0 Å². The third-order valence-corrected chi connectivity index (χ3v) is 3.95. The van der Waals surface area contributed by atoms with Crippen LogP contribution in [0, 0.1) is 23.7 Å². The van der Waals surface area contributed by atoms with E-state index >= 15 is 0 Å². The molecule has 0 aromatic carbocycles. The quantitative estimate of drug-likeness (QED) is 0.649. The Labute approximate surface area is 80.6 Å². The summed E-state index contributed by atoms with van der Waals surface area (Å²) in [5.74, 6) is 3.87. The van der Waals surface area contributed by atoms with Gasteiger partial charge in [0.15, 0.2) is 0 Å². The summed E-state index contributed by atoms with van der Waals surface area (Å²) in [4.78, 5) is 0. The van der Waals surface area contributed by atoms with E-state index in [1.807, 2.05) is 0 Å². The first-order valence-electron chi connectivity index (χ1n) is 5.81. The fraction of sp³-hybridized carbons (Fsp3) is 0.833. The Kier molecular flexibility index (Phi) is 1.93. The van der Waals surface area contributed by atoms with Crippen molar-refractivity contribution in [3.05, 3.63) is 12.2 Å². The van der Waals surface area contributed by atoms with E-state index < -0.39 is 0 Å². The predicted molar refractivity (Wildman–Crippen MR) is 54.4 cm³/mol. The van der Waals surface area contributed by atoms with Gasteiger partial charge in [0.1, 0.15) is 0 Å². The van der Waals surface area contributed by atoms with Crippen molar-refractivity contribution in [2.75, 3.05) is 13.1 Å². The molecule has 0 saturated heterocycles. The normalized spacial score (nSPS) is 41.7. The maximum atomic E-state index is 3.64. The summed E-state index contributed by atoms with van der Waals surface area (Å²) < 4.78 is 0. The van der Waals surface area contributed by atoms with Gasteiger partial charge in [0.2, 0.25) is 0 Å². The highest BCUT2D eigenvalue weighted by Crippen LogP contribution is 2.43. The van der Waals surface area contributed by atoms with E-state index in [-0.39, 0.29) is 0 Å². The molecule has 1 heteroatoms. The summed E-state index contributed by atoms with van der Waals surface area (Å²) in [6.45, 7) is 2.57. The molecule has 13 heavy (non-hydrogen) atoms. The lowest BCUT2D eigenvalue weighted by atomic mass is 9.94. The van der Waals surface area contributed by atoms with Crippen LogP contribution in [0.2, 0.25) is 0 Å². The third-order valence-electron chi connectivity index (χ3n) is 3.95. The van der Waals surface area contributed by atoms with Gasteiger partial charge in [-0.2, -0.15) is 0 Å². The van der Waals surface area contributed by atoms with Gasteiger partial charge in [-0.1, -0.05) is 12.2 Å². The van der Waals surface area contributed by atoms with Crippen molar-refractivity contribution in [1.82, 2.24) is 5.32 Å². The summed E-state index contributed by atoms with van der Waals surface area (Å²) in [5, 5.41) is 3.64. The molecule has 0 amide bonds. The van der Waals surface area contributed by atoms with Crippen molar-refractivity contribution in [2.45, 2.75) is 25.7 Å². The molecule has 72 valence electrons. The van der Waals surface area contributed by atoms with E-state index in [0.717, 1.165) is 23.7 Å². The van der Waals surface area contributed by atoms with Crippen molar-refractivity contribution in [3.63, 3.8) is 0 Å². The average Bonchev–Trinajstić information content (AvgIpc) is 2.74. The first kappa shape index (κ1) is 8.05. The lowest BCUT2D eigenvalue weighted by molar-refractivity contribution is 0.411. The summed E-state index contributed by atoms with van der Waals surface area (Å²) in [6, 6.07) is 0. The first-order chi connectivity index (χ1) is 6.42. The summed E-state index contributed by atoms with van der Waals surface area (Å²) in [5.41, 5.74) is 0. The first-order valence-corrected chi connectivity index (χ1v) is 5.81. The second-order valence-electron chi connectivity index (χ2n) is 5.14. The average molecular weight is 177 g/mol. The molecule has 3 rings (SSSR count). The molecule has 0 aromatic rings. The number of nitrogens with one attached hydrogen (secondary N) is 1. The predicted octanol–water partition coefficient (Wildman–Crippen LogP) is 2.20. The van der Waals surface area contributed by atoms with Crippen LogP contribution >= 0.6 is 0 Å². The molecule has 3 unspecified atom stereocenters. The molecule has 3 atom stereocenters.